The van der Waals surface area contributed by atoms with Crippen molar-refractivity contribution < 1.29 is 4.39 Å². The molecule has 4 aromatic rings. The SMILES string of the molecule is Cc1cn2nc(-c3cc(F)c4nc(N(C)[C@H]5CCN[C@@H](C)C5)sc4c3)ccc2n1. The third kappa shape index (κ3) is 3.36. The minimum absolute atomic E-state index is 0.309. The van der Waals surface area contributed by atoms with Crippen LogP contribution in [0.2, 0.25) is 0 Å². The Kier molecular flexibility index (Phi) is 4.48. The number of hydrogen-bond donors (Lipinski definition) is 1. The van der Waals surface area contributed by atoms with Crippen molar-refractivity contribution in [3.63, 3.8) is 0 Å². The van der Waals surface area contributed by atoms with Crippen LogP contribution < -0.4 is 10.2 Å². The van der Waals surface area contributed by atoms with Gasteiger partial charge in [0, 0.05) is 24.7 Å². The molecule has 0 amide bonds. The van der Waals surface area contributed by atoms with E-state index < -0.39 is 0 Å². The molecule has 0 aliphatic carbocycles. The van der Waals surface area contributed by atoms with Gasteiger partial charge >= 0.3 is 0 Å². The van der Waals surface area contributed by atoms with E-state index in [2.05, 4.69) is 39.3 Å². The predicted molar refractivity (Wildman–Crippen MR) is 115 cm³/mol. The fraction of sp³-hybridized carbons (Fsp3) is 0.381. The Labute approximate surface area is 172 Å². The molecule has 0 saturated carbocycles. The van der Waals surface area contributed by atoms with E-state index in [1.165, 1.54) is 17.4 Å². The van der Waals surface area contributed by atoms with Crippen molar-refractivity contribution in [3.05, 3.63) is 42.0 Å². The molecule has 0 radical (unpaired) electrons. The number of piperidine rings is 1. The Morgan fingerprint density at radius 2 is 2.14 bits per heavy atom. The van der Waals surface area contributed by atoms with Gasteiger partial charge in [-0.3, -0.25) is 0 Å². The maximum atomic E-state index is 14.9. The molecule has 8 heteroatoms. The molecular formula is C21H23FN6S. The maximum absolute atomic E-state index is 14.9. The molecule has 29 heavy (non-hydrogen) atoms. The summed E-state index contributed by atoms with van der Waals surface area (Å²) in [6.45, 7) is 5.13. The highest BCUT2D eigenvalue weighted by Gasteiger charge is 2.24. The van der Waals surface area contributed by atoms with E-state index in [-0.39, 0.29) is 5.82 Å². The van der Waals surface area contributed by atoms with Gasteiger partial charge in [-0.2, -0.15) is 5.10 Å². The van der Waals surface area contributed by atoms with Gasteiger partial charge in [0.1, 0.15) is 5.52 Å². The van der Waals surface area contributed by atoms with E-state index >= 15 is 0 Å². The van der Waals surface area contributed by atoms with Gasteiger partial charge in [0.05, 0.1) is 22.3 Å². The van der Waals surface area contributed by atoms with E-state index in [1.807, 2.05) is 31.3 Å². The number of aryl methyl sites for hydroxylation is 1. The Morgan fingerprint density at radius 1 is 1.28 bits per heavy atom. The normalized spacial score (nSPS) is 19.9. The number of fused-ring (bicyclic) bond motifs is 2. The van der Waals surface area contributed by atoms with Gasteiger partial charge < -0.3 is 10.2 Å². The molecule has 2 atom stereocenters. The fourth-order valence-corrected chi connectivity index (χ4v) is 5.10. The number of halogens is 1. The van der Waals surface area contributed by atoms with Crippen molar-refractivity contribution in [3.8, 4) is 11.3 Å². The third-order valence-electron chi connectivity index (χ3n) is 5.62. The third-order valence-corrected chi connectivity index (χ3v) is 6.71. The molecule has 6 nitrogen and oxygen atoms in total. The first-order valence-corrected chi connectivity index (χ1v) is 10.7. The first-order chi connectivity index (χ1) is 14.0. The Morgan fingerprint density at radius 3 is 2.97 bits per heavy atom. The molecule has 5 rings (SSSR count). The summed E-state index contributed by atoms with van der Waals surface area (Å²) in [5.41, 5.74) is 3.58. The Bertz CT molecular complexity index is 1200. The summed E-state index contributed by atoms with van der Waals surface area (Å²) >= 11 is 1.54. The van der Waals surface area contributed by atoms with Crippen molar-refractivity contribution in [1.82, 2.24) is 24.9 Å². The standard InChI is InChI=1S/C21H23FN6S/c1-12-8-15(6-7-23-12)27(3)21-25-20-16(22)9-14(10-18(20)29-21)17-4-5-19-24-13(2)11-28(19)26-17/h4-5,9-12,15,23H,6-8H2,1-3H3/t12-,15-/m0/s1. The molecule has 1 aromatic carbocycles. The number of nitrogens with one attached hydrogen (secondary N) is 1. The first-order valence-electron chi connectivity index (χ1n) is 9.87. The largest absolute Gasteiger partial charge is 0.348 e. The molecular weight excluding hydrogens is 387 g/mol. The van der Waals surface area contributed by atoms with E-state index in [0.29, 0.717) is 23.3 Å². The number of benzene rings is 1. The number of imidazole rings is 1. The number of rotatable bonds is 3. The molecule has 1 saturated heterocycles. The van der Waals surface area contributed by atoms with Crippen molar-refractivity contribution >= 4 is 32.3 Å². The molecule has 0 unspecified atom stereocenters. The molecule has 1 aliphatic rings. The second-order valence-electron chi connectivity index (χ2n) is 7.85. The van der Waals surface area contributed by atoms with Gasteiger partial charge in [0.2, 0.25) is 0 Å². The zero-order chi connectivity index (χ0) is 20.1. The van der Waals surface area contributed by atoms with Crippen LogP contribution in [-0.2, 0) is 0 Å². The Hall–Kier alpha value is -2.58. The summed E-state index contributed by atoms with van der Waals surface area (Å²) in [6, 6.07) is 8.20. The summed E-state index contributed by atoms with van der Waals surface area (Å²) in [7, 11) is 2.07. The van der Waals surface area contributed by atoms with Crippen LogP contribution in [0, 0.1) is 12.7 Å². The van der Waals surface area contributed by atoms with Crippen LogP contribution in [0.5, 0.6) is 0 Å². The highest BCUT2D eigenvalue weighted by atomic mass is 32.1. The maximum Gasteiger partial charge on any atom is 0.186 e. The smallest absolute Gasteiger partial charge is 0.186 e. The van der Waals surface area contributed by atoms with E-state index in [9.17, 15) is 4.39 Å². The van der Waals surface area contributed by atoms with Crippen molar-refractivity contribution in [2.75, 3.05) is 18.5 Å². The number of nitrogens with zero attached hydrogens (tertiary/aromatic N) is 5. The molecule has 0 bridgehead atoms. The minimum Gasteiger partial charge on any atom is -0.348 e. The highest BCUT2D eigenvalue weighted by Crippen LogP contribution is 2.35. The van der Waals surface area contributed by atoms with Crippen LogP contribution in [0.1, 0.15) is 25.5 Å². The molecule has 3 aromatic heterocycles. The van der Waals surface area contributed by atoms with Crippen LogP contribution in [0.25, 0.3) is 27.1 Å². The second-order valence-corrected chi connectivity index (χ2v) is 8.86. The van der Waals surface area contributed by atoms with E-state index in [1.54, 1.807) is 4.52 Å². The van der Waals surface area contributed by atoms with Gasteiger partial charge in [0.15, 0.2) is 16.6 Å². The molecule has 1 fully saturated rings. The molecule has 0 spiro atoms. The second kappa shape index (κ2) is 7.03. The van der Waals surface area contributed by atoms with Crippen molar-refractivity contribution in [2.45, 2.75) is 38.8 Å². The van der Waals surface area contributed by atoms with Gasteiger partial charge in [-0.05, 0) is 57.5 Å². The topological polar surface area (TPSA) is 58.4 Å². The van der Waals surface area contributed by atoms with Gasteiger partial charge in [-0.15, -0.1) is 0 Å². The lowest BCUT2D eigenvalue weighted by Crippen LogP contribution is -2.45. The monoisotopic (exact) mass is 410 g/mol. The average Bonchev–Trinajstić information content (AvgIpc) is 3.29. The van der Waals surface area contributed by atoms with Gasteiger partial charge in [0.25, 0.3) is 0 Å². The summed E-state index contributed by atoms with van der Waals surface area (Å²) < 4.78 is 17.5. The van der Waals surface area contributed by atoms with Crippen LogP contribution in [0.3, 0.4) is 0 Å². The lowest BCUT2D eigenvalue weighted by molar-refractivity contribution is 0.371. The van der Waals surface area contributed by atoms with Crippen LogP contribution in [-0.4, -0.2) is 45.3 Å². The van der Waals surface area contributed by atoms with Crippen LogP contribution in [0.4, 0.5) is 9.52 Å². The van der Waals surface area contributed by atoms with Gasteiger partial charge in [-0.1, -0.05) is 11.3 Å². The summed E-state index contributed by atoms with van der Waals surface area (Å²) in [5, 5.41) is 8.93. The minimum atomic E-state index is -0.309. The fourth-order valence-electron chi connectivity index (χ4n) is 4.04. The average molecular weight is 411 g/mol. The number of anilines is 1. The Balaban J connectivity index is 1.52. The van der Waals surface area contributed by atoms with E-state index in [0.717, 1.165) is 46.1 Å². The van der Waals surface area contributed by atoms with Crippen molar-refractivity contribution in [1.29, 1.82) is 0 Å². The lowest BCUT2D eigenvalue weighted by Gasteiger charge is -2.34. The summed E-state index contributed by atoms with van der Waals surface area (Å²) in [5.74, 6) is -0.309. The van der Waals surface area contributed by atoms with Gasteiger partial charge in [-0.25, -0.2) is 18.9 Å². The molecule has 150 valence electrons. The molecule has 4 heterocycles. The van der Waals surface area contributed by atoms with Crippen molar-refractivity contribution in [2.24, 2.45) is 0 Å². The lowest BCUT2D eigenvalue weighted by atomic mass is 10.00. The predicted octanol–water partition coefficient (Wildman–Crippen LogP) is 4.03. The molecule has 1 N–H and O–H groups in total. The number of aromatic nitrogens is 4. The number of thiazole rings is 1. The zero-order valence-electron chi connectivity index (χ0n) is 16.7. The summed E-state index contributed by atoms with van der Waals surface area (Å²) in [6.07, 6.45) is 4.00. The van der Waals surface area contributed by atoms with Crippen LogP contribution in [0.15, 0.2) is 30.5 Å². The van der Waals surface area contributed by atoms with Crippen LogP contribution >= 0.6 is 11.3 Å². The highest BCUT2D eigenvalue weighted by molar-refractivity contribution is 7.22. The molecule has 1 aliphatic heterocycles. The summed E-state index contributed by atoms with van der Waals surface area (Å²) in [4.78, 5) is 11.2. The number of hydrogen-bond acceptors (Lipinski definition) is 6. The quantitative estimate of drug-likeness (QED) is 0.553. The zero-order valence-corrected chi connectivity index (χ0v) is 17.5. The van der Waals surface area contributed by atoms with E-state index in [4.69, 9.17) is 0 Å². The first kappa shape index (κ1) is 18.4.